The zero-order chi connectivity index (χ0) is 14.0. The van der Waals surface area contributed by atoms with Crippen LogP contribution in [-0.2, 0) is 0 Å². The van der Waals surface area contributed by atoms with Gasteiger partial charge in [0.2, 0.25) is 0 Å². The van der Waals surface area contributed by atoms with Gasteiger partial charge in [0.1, 0.15) is 0 Å². The van der Waals surface area contributed by atoms with Crippen LogP contribution in [0.1, 0.15) is 27.6 Å². The van der Waals surface area contributed by atoms with Gasteiger partial charge in [0.05, 0.1) is 5.38 Å². The molecular formula is C16H16Cl2S. The summed E-state index contributed by atoms with van der Waals surface area (Å²) in [5.41, 5.74) is 4.48. The molecule has 0 amide bonds. The highest BCUT2D eigenvalue weighted by atomic mass is 35.5. The van der Waals surface area contributed by atoms with Crippen LogP contribution in [0.2, 0.25) is 5.02 Å². The summed E-state index contributed by atoms with van der Waals surface area (Å²) in [5, 5.41) is 0.655. The van der Waals surface area contributed by atoms with Crippen LogP contribution in [0.5, 0.6) is 0 Å². The Balaban J connectivity index is 2.50. The monoisotopic (exact) mass is 310 g/mol. The third-order valence-electron chi connectivity index (χ3n) is 3.23. The van der Waals surface area contributed by atoms with E-state index < -0.39 is 0 Å². The highest BCUT2D eigenvalue weighted by Gasteiger charge is 2.17. The van der Waals surface area contributed by atoms with Crippen molar-refractivity contribution in [2.24, 2.45) is 0 Å². The van der Waals surface area contributed by atoms with Gasteiger partial charge < -0.3 is 0 Å². The predicted octanol–water partition coefficient (Wildman–Crippen LogP) is 6.01. The van der Waals surface area contributed by atoms with E-state index in [9.17, 15) is 0 Å². The van der Waals surface area contributed by atoms with Gasteiger partial charge in [0.15, 0.2) is 0 Å². The van der Waals surface area contributed by atoms with Crippen LogP contribution in [0.3, 0.4) is 0 Å². The average Bonchev–Trinajstić information content (AvgIpc) is 2.42. The van der Waals surface area contributed by atoms with Gasteiger partial charge in [-0.15, -0.1) is 23.4 Å². The van der Waals surface area contributed by atoms with Crippen LogP contribution < -0.4 is 0 Å². The molecule has 3 heteroatoms. The Bertz CT molecular complexity index is 593. The lowest BCUT2D eigenvalue weighted by atomic mass is 9.98. The third-order valence-corrected chi connectivity index (χ3v) is 4.92. The normalized spacial score (nSPS) is 12.5. The van der Waals surface area contributed by atoms with E-state index in [4.69, 9.17) is 23.2 Å². The fraction of sp³-hybridized carbons (Fsp3) is 0.250. The van der Waals surface area contributed by atoms with Gasteiger partial charge in [-0.05, 0) is 54.5 Å². The molecule has 1 atom stereocenters. The minimum absolute atomic E-state index is 0.139. The summed E-state index contributed by atoms with van der Waals surface area (Å²) < 4.78 is 0. The fourth-order valence-electron chi connectivity index (χ4n) is 2.12. The summed E-state index contributed by atoms with van der Waals surface area (Å²) >= 11 is 14.6. The Morgan fingerprint density at radius 1 is 1.00 bits per heavy atom. The van der Waals surface area contributed by atoms with E-state index in [0.717, 1.165) is 27.3 Å². The minimum atomic E-state index is -0.139. The summed E-state index contributed by atoms with van der Waals surface area (Å²) in [4.78, 5) is 1.22. The summed E-state index contributed by atoms with van der Waals surface area (Å²) in [6.07, 6.45) is 2.07. The highest BCUT2D eigenvalue weighted by Crippen LogP contribution is 2.37. The molecule has 0 bridgehead atoms. The van der Waals surface area contributed by atoms with Crippen molar-refractivity contribution < 1.29 is 0 Å². The van der Waals surface area contributed by atoms with Crippen LogP contribution >= 0.6 is 35.0 Å². The van der Waals surface area contributed by atoms with Crippen LogP contribution in [-0.4, -0.2) is 6.26 Å². The van der Waals surface area contributed by atoms with Gasteiger partial charge in [-0.2, -0.15) is 0 Å². The van der Waals surface area contributed by atoms with E-state index in [1.54, 1.807) is 11.8 Å². The molecular weight excluding hydrogens is 295 g/mol. The lowest BCUT2D eigenvalue weighted by Gasteiger charge is -2.17. The molecule has 0 aliphatic rings. The van der Waals surface area contributed by atoms with Gasteiger partial charge in [-0.3, -0.25) is 0 Å². The predicted molar refractivity (Wildman–Crippen MR) is 86.8 cm³/mol. The van der Waals surface area contributed by atoms with Crippen LogP contribution in [0.4, 0.5) is 0 Å². The molecule has 0 heterocycles. The Morgan fingerprint density at radius 2 is 1.68 bits per heavy atom. The number of benzene rings is 2. The van der Waals surface area contributed by atoms with E-state index in [-0.39, 0.29) is 5.38 Å². The second-order valence-corrected chi connectivity index (χ2v) is 6.25. The van der Waals surface area contributed by atoms with Crippen molar-refractivity contribution in [1.82, 2.24) is 0 Å². The maximum atomic E-state index is 6.69. The molecule has 0 spiro atoms. The van der Waals surface area contributed by atoms with Gasteiger partial charge >= 0.3 is 0 Å². The maximum absolute atomic E-state index is 6.69. The van der Waals surface area contributed by atoms with E-state index >= 15 is 0 Å². The van der Waals surface area contributed by atoms with E-state index in [0.29, 0.717) is 0 Å². The van der Waals surface area contributed by atoms with E-state index in [1.807, 2.05) is 25.1 Å². The number of alkyl halides is 1. The number of rotatable bonds is 3. The number of thioether (sulfide) groups is 1. The molecule has 19 heavy (non-hydrogen) atoms. The summed E-state index contributed by atoms with van der Waals surface area (Å²) in [7, 11) is 0. The van der Waals surface area contributed by atoms with E-state index in [2.05, 4.69) is 31.4 Å². The van der Waals surface area contributed by atoms with Gasteiger partial charge in [0, 0.05) is 9.92 Å². The average molecular weight is 311 g/mol. The van der Waals surface area contributed by atoms with Crippen molar-refractivity contribution in [3.63, 3.8) is 0 Å². The zero-order valence-electron chi connectivity index (χ0n) is 11.2. The van der Waals surface area contributed by atoms with Crippen molar-refractivity contribution >= 4 is 35.0 Å². The minimum Gasteiger partial charge on any atom is -0.129 e. The number of hydrogen-bond donors (Lipinski definition) is 0. The van der Waals surface area contributed by atoms with Crippen LogP contribution in [0.25, 0.3) is 0 Å². The smallest absolute Gasteiger partial charge is 0.0848 e. The first kappa shape index (κ1) is 14.8. The van der Waals surface area contributed by atoms with Gasteiger partial charge in [-0.25, -0.2) is 0 Å². The lowest BCUT2D eigenvalue weighted by Crippen LogP contribution is -1.99. The molecule has 0 saturated carbocycles. The van der Waals surface area contributed by atoms with Crippen molar-refractivity contribution in [2.45, 2.75) is 24.1 Å². The summed E-state index contributed by atoms with van der Waals surface area (Å²) in [5.74, 6) is 0. The third kappa shape index (κ3) is 3.10. The van der Waals surface area contributed by atoms with Crippen molar-refractivity contribution in [1.29, 1.82) is 0 Å². The maximum Gasteiger partial charge on any atom is 0.0848 e. The zero-order valence-corrected chi connectivity index (χ0v) is 13.5. The molecule has 2 rings (SSSR count). The first-order valence-corrected chi connectivity index (χ1v) is 8.12. The molecule has 1 unspecified atom stereocenters. The molecule has 0 radical (unpaired) electrons. The Hall–Kier alpha value is -0.630. The van der Waals surface area contributed by atoms with Crippen molar-refractivity contribution in [2.75, 3.05) is 6.26 Å². The summed E-state index contributed by atoms with van der Waals surface area (Å²) in [6.45, 7) is 4.06. The largest absolute Gasteiger partial charge is 0.129 e. The quantitative estimate of drug-likeness (QED) is 0.494. The SMILES string of the molecule is CSc1ccccc1C(Cl)c1cc(C)c(Cl)cc1C. The standard InChI is InChI=1S/C16H16Cl2S/c1-10-9-14(17)11(2)8-13(10)16(18)12-6-4-5-7-15(12)19-3/h4-9,16H,1-3H3. The molecule has 2 aromatic rings. The Kier molecular flexibility index (Phi) is 4.83. The van der Waals surface area contributed by atoms with Crippen LogP contribution in [0, 0.1) is 13.8 Å². The highest BCUT2D eigenvalue weighted by molar-refractivity contribution is 7.98. The first-order chi connectivity index (χ1) is 9.04. The fourth-order valence-corrected chi connectivity index (χ4v) is 3.46. The summed E-state index contributed by atoms with van der Waals surface area (Å²) in [6, 6.07) is 12.3. The molecule has 100 valence electrons. The van der Waals surface area contributed by atoms with Crippen molar-refractivity contribution in [3.05, 3.63) is 63.7 Å². The Morgan fingerprint density at radius 3 is 2.37 bits per heavy atom. The lowest BCUT2D eigenvalue weighted by molar-refractivity contribution is 1.06. The second-order valence-electron chi connectivity index (χ2n) is 4.56. The topological polar surface area (TPSA) is 0 Å². The van der Waals surface area contributed by atoms with Crippen LogP contribution in [0.15, 0.2) is 41.3 Å². The molecule has 0 aromatic heterocycles. The Labute approximate surface area is 129 Å². The molecule has 0 nitrogen and oxygen atoms in total. The first-order valence-electron chi connectivity index (χ1n) is 6.08. The number of hydrogen-bond acceptors (Lipinski definition) is 1. The molecule has 0 aliphatic carbocycles. The van der Waals surface area contributed by atoms with Gasteiger partial charge in [0.25, 0.3) is 0 Å². The molecule has 0 aliphatic heterocycles. The van der Waals surface area contributed by atoms with Gasteiger partial charge in [-0.1, -0.05) is 35.9 Å². The molecule has 0 fully saturated rings. The molecule has 2 aromatic carbocycles. The van der Waals surface area contributed by atoms with Crippen molar-refractivity contribution in [3.8, 4) is 0 Å². The second kappa shape index (κ2) is 6.21. The molecule has 0 saturated heterocycles. The number of aryl methyl sites for hydroxylation is 2. The molecule has 0 N–H and O–H groups in total. The number of halogens is 2. The van der Waals surface area contributed by atoms with E-state index in [1.165, 1.54) is 4.90 Å².